The van der Waals surface area contributed by atoms with Crippen molar-refractivity contribution in [2.75, 3.05) is 18.7 Å². The van der Waals surface area contributed by atoms with Gasteiger partial charge in [-0.15, -0.1) is 0 Å². The van der Waals surface area contributed by atoms with Crippen LogP contribution in [0.5, 0.6) is 11.5 Å². The van der Waals surface area contributed by atoms with Crippen molar-refractivity contribution in [2.24, 2.45) is 5.10 Å². The third-order valence-electron chi connectivity index (χ3n) is 3.98. The summed E-state index contributed by atoms with van der Waals surface area (Å²) >= 11 is 9.33. The molecular formula is C20H15BrClN3O3. The van der Waals surface area contributed by atoms with Crippen LogP contribution in [0, 0.1) is 11.3 Å². The number of rotatable bonds is 5. The van der Waals surface area contributed by atoms with Crippen molar-refractivity contribution in [3.8, 4) is 17.6 Å². The zero-order valence-electron chi connectivity index (χ0n) is 15.1. The maximum atomic E-state index is 12.9. The quantitative estimate of drug-likeness (QED) is 0.600. The molecule has 28 heavy (non-hydrogen) atoms. The van der Waals surface area contributed by atoms with E-state index in [9.17, 15) is 4.79 Å². The molecule has 0 radical (unpaired) electrons. The van der Waals surface area contributed by atoms with E-state index in [1.165, 1.54) is 12.1 Å². The summed E-state index contributed by atoms with van der Waals surface area (Å²) in [6.07, 6.45) is 1.73. The molecule has 0 N–H and O–H groups in total. The van der Waals surface area contributed by atoms with Crippen molar-refractivity contribution in [3.63, 3.8) is 0 Å². The fraction of sp³-hybridized carbons (Fsp3) is 0.150. The topological polar surface area (TPSA) is 74.9 Å². The molecule has 1 amide bonds. The van der Waals surface area contributed by atoms with E-state index in [2.05, 4.69) is 21.0 Å². The molecule has 0 aliphatic carbocycles. The van der Waals surface area contributed by atoms with Crippen LogP contribution in [0.1, 0.15) is 12.5 Å². The van der Waals surface area contributed by atoms with Gasteiger partial charge in [0.05, 0.1) is 28.6 Å². The number of methoxy groups -OCH3 is 1. The lowest BCUT2D eigenvalue weighted by molar-refractivity contribution is -0.114. The molecule has 0 spiro atoms. The highest BCUT2D eigenvalue weighted by atomic mass is 79.9. The second-order valence-corrected chi connectivity index (χ2v) is 7.11. The van der Waals surface area contributed by atoms with Crippen LogP contribution in [0.4, 0.5) is 5.69 Å². The molecule has 6 nitrogen and oxygen atoms in total. The lowest BCUT2D eigenvalue weighted by Crippen LogP contribution is -2.21. The fourth-order valence-electron chi connectivity index (χ4n) is 2.68. The molecule has 142 valence electrons. The van der Waals surface area contributed by atoms with E-state index in [0.29, 0.717) is 38.0 Å². The molecular weight excluding hydrogens is 446 g/mol. The summed E-state index contributed by atoms with van der Waals surface area (Å²) in [4.78, 5) is 12.9. The molecule has 1 heterocycles. The minimum absolute atomic E-state index is 0.101. The van der Waals surface area contributed by atoms with Gasteiger partial charge in [0.1, 0.15) is 6.07 Å². The first-order chi connectivity index (χ1) is 13.4. The number of nitriles is 1. The van der Waals surface area contributed by atoms with Gasteiger partial charge >= 0.3 is 0 Å². The van der Waals surface area contributed by atoms with Crippen molar-refractivity contribution < 1.29 is 14.3 Å². The summed E-state index contributed by atoms with van der Waals surface area (Å²) in [5.74, 6) is 0.642. The predicted molar refractivity (Wildman–Crippen MR) is 112 cm³/mol. The maximum absolute atomic E-state index is 12.9. The van der Waals surface area contributed by atoms with E-state index in [-0.39, 0.29) is 12.5 Å². The van der Waals surface area contributed by atoms with Crippen LogP contribution in [0.15, 0.2) is 51.5 Å². The number of benzene rings is 2. The Morgan fingerprint density at radius 1 is 1.32 bits per heavy atom. The highest BCUT2D eigenvalue weighted by molar-refractivity contribution is 9.10. The first-order valence-corrected chi connectivity index (χ1v) is 9.36. The van der Waals surface area contributed by atoms with Gasteiger partial charge in [-0.25, -0.2) is 0 Å². The Labute approximate surface area is 175 Å². The van der Waals surface area contributed by atoms with Gasteiger partial charge in [0.25, 0.3) is 5.91 Å². The SMILES string of the molecule is COc1cc(/C=C2\C(=O)N(c3ccc(Cl)cc3)N=C2C)cc(Br)c1OCC#N. The van der Waals surface area contributed by atoms with Crippen LogP contribution in [0.2, 0.25) is 5.02 Å². The van der Waals surface area contributed by atoms with E-state index in [0.717, 1.165) is 5.56 Å². The molecule has 0 unspecified atom stereocenters. The first-order valence-electron chi connectivity index (χ1n) is 8.19. The van der Waals surface area contributed by atoms with Crippen molar-refractivity contribution >= 4 is 50.9 Å². The Morgan fingerprint density at radius 3 is 2.68 bits per heavy atom. The zero-order chi connectivity index (χ0) is 20.3. The predicted octanol–water partition coefficient (Wildman–Crippen LogP) is 4.82. The summed E-state index contributed by atoms with van der Waals surface area (Å²) < 4.78 is 11.4. The van der Waals surface area contributed by atoms with Crippen molar-refractivity contribution in [1.82, 2.24) is 0 Å². The molecule has 1 aliphatic rings. The van der Waals surface area contributed by atoms with Gasteiger partial charge in [-0.05, 0) is 70.9 Å². The molecule has 0 saturated carbocycles. The number of ether oxygens (including phenoxy) is 2. The van der Waals surface area contributed by atoms with Crippen LogP contribution in [-0.2, 0) is 4.79 Å². The first kappa shape index (κ1) is 19.9. The lowest BCUT2D eigenvalue weighted by Gasteiger charge is -2.12. The van der Waals surface area contributed by atoms with Crippen LogP contribution >= 0.6 is 27.5 Å². The third-order valence-corrected chi connectivity index (χ3v) is 4.82. The largest absolute Gasteiger partial charge is 0.493 e. The second-order valence-electron chi connectivity index (χ2n) is 5.82. The molecule has 2 aromatic rings. The number of hydrogen-bond donors (Lipinski definition) is 0. The maximum Gasteiger partial charge on any atom is 0.280 e. The molecule has 8 heteroatoms. The Kier molecular flexibility index (Phi) is 6.02. The average molecular weight is 461 g/mol. The van der Waals surface area contributed by atoms with Crippen LogP contribution in [0.3, 0.4) is 0 Å². The molecule has 0 fully saturated rings. The number of amides is 1. The van der Waals surface area contributed by atoms with E-state index in [1.807, 2.05) is 6.07 Å². The van der Waals surface area contributed by atoms with Crippen LogP contribution in [0.25, 0.3) is 6.08 Å². The average Bonchev–Trinajstić information content (AvgIpc) is 2.95. The Bertz CT molecular complexity index is 1030. The summed E-state index contributed by atoms with van der Waals surface area (Å²) in [6, 6.07) is 12.3. The molecule has 1 aliphatic heterocycles. The van der Waals surface area contributed by atoms with Crippen LogP contribution in [-0.4, -0.2) is 25.3 Å². The van der Waals surface area contributed by atoms with Crippen molar-refractivity contribution in [3.05, 3.63) is 57.0 Å². The van der Waals surface area contributed by atoms with Gasteiger partial charge in [-0.1, -0.05) is 11.6 Å². The number of hydrogen-bond acceptors (Lipinski definition) is 5. The van der Waals surface area contributed by atoms with E-state index in [1.54, 1.807) is 49.4 Å². The monoisotopic (exact) mass is 459 g/mol. The number of carbonyl (C=O) groups is 1. The minimum atomic E-state index is -0.236. The Balaban J connectivity index is 1.94. The van der Waals surface area contributed by atoms with Crippen molar-refractivity contribution in [1.29, 1.82) is 5.26 Å². The normalized spacial score (nSPS) is 14.8. The number of carbonyl (C=O) groups excluding carboxylic acids is 1. The van der Waals surface area contributed by atoms with Gasteiger partial charge in [0.2, 0.25) is 0 Å². The van der Waals surface area contributed by atoms with Gasteiger partial charge in [0, 0.05) is 5.02 Å². The molecule has 0 atom stereocenters. The van der Waals surface area contributed by atoms with Gasteiger partial charge in [0.15, 0.2) is 18.1 Å². The summed E-state index contributed by atoms with van der Waals surface area (Å²) in [7, 11) is 1.51. The highest BCUT2D eigenvalue weighted by Crippen LogP contribution is 2.37. The smallest absolute Gasteiger partial charge is 0.280 e. The van der Waals surface area contributed by atoms with E-state index >= 15 is 0 Å². The standard InChI is InChI=1S/C20H15BrClN3O3/c1-12-16(20(26)25(24-12)15-5-3-14(22)4-6-15)9-13-10-17(21)19(28-8-7-23)18(11-13)27-2/h3-6,9-11H,8H2,1-2H3/b16-9-. The molecule has 0 saturated heterocycles. The summed E-state index contributed by atoms with van der Waals surface area (Å²) in [5.41, 5.74) is 2.43. The zero-order valence-corrected chi connectivity index (χ0v) is 17.4. The van der Waals surface area contributed by atoms with Gasteiger partial charge in [-0.2, -0.15) is 15.4 Å². The van der Waals surface area contributed by atoms with Crippen LogP contribution < -0.4 is 14.5 Å². The van der Waals surface area contributed by atoms with Crippen molar-refractivity contribution in [2.45, 2.75) is 6.92 Å². The molecule has 2 aromatic carbocycles. The number of hydrazone groups is 1. The Morgan fingerprint density at radius 2 is 2.04 bits per heavy atom. The second kappa shape index (κ2) is 8.46. The number of halogens is 2. The third kappa shape index (κ3) is 4.03. The summed E-state index contributed by atoms with van der Waals surface area (Å²) in [6.45, 7) is 1.67. The molecule has 0 aromatic heterocycles. The lowest BCUT2D eigenvalue weighted by atomic mass is 10.1. The fourth-order valence-corrected chi connectivity index (χ4v) is 3.38. The van der Waals surface area contributed by atoms with Gasteiger partial charge in [-0.3, -0.25) is 4.79 Å². The highest BCUT2D eigenvalue weighted by Gasteiger charge is 2.28. The number of nitrogens with zero attached hydrogens (tertiary/aromatic N) is 3. The Hall–Kier alpha value is -2.82. The summed E-state index contributed by atoms with van der Waals surface area (Å²) in [5, 5.41) is 15.0. The van der Waals surface area contributed by atoms with E-state index in [4.69, 9.17) is 26.3 Å². The number of anilines is 1. The van der Waals surface area contributed by atoms with E-state index < -0.39 is 0 Å². The van der Waals surface area contributed by atoms with Gasteiger partial charge < -0.3 is 9.47 Å². The minimum Gasteiger partial charge on any atom is -0.493 e. The molecule has 0 bridgehead atoms. The molecule has 3 rings (SSSR count).